The van der Waals surface area contributed by atoms with Gasteiger partial charge in [0, 0.05) is 11.2 Å². The molecule has 8 heteroatoms. The summed E-state index contributed by atoms with van der Waals surface area (Å²) >= 11 is 6.85. The van der Waals surface area contributed by atoms with E-state index in [0.29, 0.717) is 10.7 Å². The van der Waals surface area contributed by atoms with Crippen molar-refractivity contribution in [2.24, 2.45) is 0 Å². The van der Waals surface area contributed by atoms with E-state index in [4.69, 9.17) is 22.0 Å². The minimum atomic E-state index is -1.11. The molecule has 2 N–H and O–H groups in total. The van der Waals surface area contributed by atoms with E-state index in [2.05, 4.69) is 10.3 Å². The van der Waals surface area contributed by atoms with Crippen molar-refractivity contribution in [3.05, 3.63) is 52.7 Å². The molecule has 0 bridgehead atoms. The van der Waals surface area contributed by atoms with E-state index in [1.165, 1.54) is 30.5 Å². The fourth-order valence-electron chi connectivity index (χ4n) is 1.71. The summed E-state index contributed by atoms with van der Waals surface area (Å²) in [6.45, 7) is 0. The van der Waals surface area contributed by atoms with E-state index in [1.807, 2.05) is 6.07 Å². The van der Waals surface area contributed by atoms with Crippen LogP contribution in [0.15, 0.2) is 41.6 Å². The zero-order valence-corrected chi connectivity index (χ0v) is 13.2. The maximum Gasteiger partial charge on any atom is 0.338 e. The van der Waals surface area contributed by atoms with Crippen molar-refractivity contribution in [3.63, 3.8) is 0 Å². The van der Waals surface area contributed by atoms with Crippen LogP contribution in [0.2, 0.25) is 5.02 Å². The third-order valence-corrected chi connectivity index (χ3v) is 3.96. The van der Waals surface area contributed by atoms with Gasteiger partial charge in [-0.25, -0.2) is 9.78 Å². The number of carbonyl (C=O) groups is 2. The summed E-state index contributed by atoms with van der Waals surface area (Å²) < 4.78 is 0. The van der Waals surface area contributed by atoms with Gasteiger partial charge >= 0.3 is 5.97 Å². The molecule has 0 aliphatic heterocycles. The second kappa shape index (κ2) is 7.63. The highest BCUT2D eigenvalue weighted by Gasteiger charge is 2.14. The number of carboxylic acids is 1. The van der Waals surface area contributed by atoms with Gasteiger partial charge in [-0.2, -0.15) is 5.26 Å². The lowest BCUT2D eigenvalue weighted by molar-refractivity contribution is -0.113. The highest BCUT2D eigenvalue weighted by atomic mass is 35.5. The van der Waals surface area contributed by atoms with Gasteiger partial charge in [-0.3, -0.25) is 4.79 Å². The summed E-state index contributed by atoms with van der Waals surface area (Å²) in [5, 5.41) is 21.3. The van der Waals surface area contributed by atoms with Crippen LogP contribution in [-0.4, -0.2) is 27.7 Å². The fraction of sp³-hybridized carbons (Fsp3) is 0.0667. The van der Waals surface area contributed by atoms with Crippen LogP contribution >= 0.6 is 23.4 Å². The summed E-state index contributed by atoms with van der Waals surface area (Å²) in [4.78, 5) is 27.0. The van der Waals surface area contributed by atoms with Crippen molar-refractivity contribution < 1.29 is 14.7 Å². The summed E-state index contributed by atoms with van der Waals surface area (Å²) in [6.07, 6.45) is 1.46. The lowest BCUT2D eigenvalue weighted by atomic mass is 10.2. The molecule has 0 aliphatic rings. The molecule has 0 aliphatic carbocycles. The molecule has 2 aromatic rings. The average Bonchev–Trinajstić information content (AvgIpc) is 2.53. The fourth-order valence-corrected chi connectivity index (χ4v) is 2.66. The molecule has 0 radical (unpaired) electrons. The second-order valence-electron chi connectivity index (χ2n) is 4.30. The first-order valence-electron chi connectivity index (χ1n) is 6.32. The third kappa shape index (κ3) is 4.45. The molecule has 1 amide bonds. The number of amides is 1. The quantitative estimate of drug-likeness (QED) is 0.806. The number of carbonyl (C=O) groups excluding carboxylic acids is 1. The van der Waals surface area contributed by atoms with Gasteiger partial charge in [0.15, 0.2) is 0 Å². The number of carboxylic acid groups (broad SMARTS) is 1. The van der Waals surface area contributed by atoms with Crippen molar-refractivity contribution in [3.8, 4) is 6.07 Å². The van der Waals surface area contributed by atoms with Crippen LogP contribution in [-0.2, 0) is 4.79 Å². The Morgan fingerprint density at radius 2 is 2.17 bits per heavy atom. The standard InChI is InChI=1S/C15H10ClN3O3S/c16-10-4-3-9(7-17)12(6-10)19-13(20)8-23-14-11(15(21)22)2-1-5-18-14/h1-6H,8H2,(H,19,20)(H,21,22). The van der Waals surface area contributed by atoms with E-state index in [1.54, 1.807) is 6.07 Å². The van der Waals surface area contributed by atoms with Gasteiger partial charge in [-0.1, -0.05) is 23.4 Å². The number of halogens is 1. The molecule has 0 atom stereocenters. The number of rotatable bonds is 5. The minimum absolute atomic E-state index is 0.0331. The molecule has 1 heterocycles. The van der Waals surface area contributed by atoms with Crippen molar-refractivity contribution in [2.75, 3.05) is 11.1 Å². The molecule has 2 rings (SSSR count). The molecule has 0 fully saturated rings. The number of hydrogen-bond donors (Lipinski definition) is 2. The Morgan fingerprint density at radius 1 is 1.39 bits per heavy atom. The summed E-state index contributed by atoms with van der Waals surface area (Å²) in [7, 11) is 0. The second-order valence-corrected chi connectivity index (χ2v) is 5.70. The molecule has 0 saturated carbocycles. The number of nitrogens with zero attached hydrogens (tertiary/aromatic N) is 2. The van der Waals surface area contributed by atoms with Crippen molar-refractivity contribution in [2.45, 2.75) is 5.03 Å². The molecule has 0 saturated heterocycles. The van der Waals surface area contributed by atoms with Gasteiger partial charge in [0.1, 0.15) is 11.1 Å². The van der Waals surface area contributed by atoms with Crippen LogP contribution in [0, 0.1) is 11.3 Å². The number of nitriles is 1. The molecule has 1 aromatic heterocycles. The first-order chi connectivity index (χ1) is 11.0. The van der Waals surface area contributed by atoms with Gasteiger partial charge in [0.2, 0.25) is 5.91 Å². The summed E-state index contributed by atoms with van der Waals surface area (Å²) in [5.74, 6) is -1.55. The number of benzene rings is 1. The highest BCUT2D eigenvalue weighted by molar-refractivity contribution is 8.00. The van der Waals surface area contributed by atoms with Crippen LogP contribution in [0.5, 0.6) is 0 Å². The van der Waals surface area contributed by atoms with E-state index in [9.17, 15) is 9.59 Å². The van der Waals surface area contributed by atoms with Crippen LogP contribution < -0.4 is 5.32 Å². The largest absolute Gasteiger partial charge is 0.478 e. The predicted molar refractivity (Wildman–Crippen MR) is 86.7 cm³/mol. The van der Waals surface area contributed by atoms with Crippen LogP contribution in [0.1, 0.15) is 15.9 Å². The average molecular weight is 348 g/mol. The zero-order valence-electron chi connectivity index (χ0n) is 11.6. The number of hydrogen-bond acceptors (Lipinski definition) is 5. The normalized spacial score (nSPS) is 9.91. The van der Waals surface area contributed by atoms with E-state index >= 15 is 0 Å². The summed E-state index contributed by atoms with van der Waals surface area (Å²) in [6, 6.07) is 9.42. The predicted octanol–water partition coefficient (Wildman–Crippen LogP) is 3.04. The van der Waals surface area contributed by atoms with Crippen LogP contribution in [0.4, 0.5) is 5.69 Å². The number of anilines is 1. The smallest absolute Gasteiger partial charge is 0.338 e. The number of thioether (sulfide) groups is 1. The van der Waals surface area contributed by atoms with Crippen molar-refractivity contribution in [1.29, 1.82) is 5.26 Å². The first-order valence-corrected chi connectivity index (χ1v) is 7.68. The zero-order chi connectivity index (χ0) is 16.8. The Balaban J connectivity index is 2.06. The Hall–Kier alpha value is -2.56. The highest BCUT2D eigenvalue weighted by Crippen LogP contribution is 2.23. The number of pyridine rings is 1. The van der Waals surface area contributed by atoms with Crippen LogP contribution in [0.25, 0.3) is 0 Å². The van der Waals surface area contributed by atoms with Gasteiger partial charge in [-0.15, -0.1) is 0 Å². The third-order valence-electron chi connectivity index (χ3n) is 2.72. The van der Waals surface area contributed by atoms with E-state index < -0.39 is 11.9 Å². The Morgan fingerprint density at radius 3 is 2.87 bits per heavy atom. The minimum Gasteiger partial charge on any atom is -0.478 e. The first kappa shape index (κ1) is 16.8. The SMILES string of the molecule is N#Cc1ccc(Cl)cc1NC(=O)CSc1ncccc1C(=O)O. The molecule has 0 spiro atoms. The molecule has 1 aromatic carbocycles. The van der Waals surface area contributed by atoms with E-state index in [-0.39, 0.29) is 21.9 Å². The molecular weight excluding hydrogens is 338 g/mol. The number of aromatic nitrogens is 1. The monoisotopic (exact) mass is 347 g/mol. The maximum atomic E-state index is 12.0. The van der Waals surface area contributed by atoms with Gasteiger partial charge < -0.3 is 10.4 Å². The van der Waals surface area contributed by atoms with Gasteiger partial charge in [-0.05, 0) is 30.3 Å². The van der Waals surface area contributed by atoms with E-state index in [0.717, 1.165) is 11.8 Å². The molecule has 0 unspecified atom stereocenters. The number of aromatic carboxylic acids is 1. The molecular formula is C15H10ClN3O3S. The van der Waals surface area contributed by atoms with Crippen molar-refractivity contribution in [1.82, 2.24) is 4.98 Å². The Bertz CT molecular complexity index is 805. The lowest BCUT2D eigenvalue weighted by Gasteiger charge is -2.08. The summed E-state index contributed by atoms with van der Waals surface area (Å²) in [5.41, 5.74) is 0.632. The topological polar surface area (TPSA) is 103 Å². The van der Waals surface area contributed by atoms with Crippen molar-refractivity contribution >= 4 is 40.9 Å². The maximum absolute atomic E-state index is 12.0. The Kier molecular flexibility index (Phi) is 5.57. The molecule has 6 nitrogen and oxygen atoms in total. The van der Waals surface area contributed by atoms with Gasteiger partial charge in [0.25, 0.3) is 0 Å². The lowest BCUT2D eigenvalue weighted by Crippen LogP contribution is -2.15. The molecule has 116 valence electrons. The van der Waals surface area contributed by atoms with Gasteiger partial charge in [0.05, 0.1) is 22.6 Å². The number of nitrogens with one attached hydrogen (secondary N) is 1. The van der Waals surface area contributed by atoms with Crippen LogP contribution in [0.3, 0.4) is 0 Å². The Labute approximate surface area is 141 Å². The molecule has 23 heavy (non-hydrogen) atoms.